The zero-order valence-corrected chi connectivity index (χ0v) is 20.5. The number of methoxy groups -OCH3 is 2. The fraction of sp³-hybridized carbons (Fsp3) is 0.280. The van der Waals surface area contributed by atoms with Gasteiger partial charge in [0.15, 0.2) is 0 Å². The van der Waals surface area contributed by atoms with Crippen molar-refractivity contribution < 1.29 is 14.2 Å². The summed E-state index contributed by atoms with van der Waals surface area (Å²) in [6.45, 7) is 0.912. The lowest BCUT2D eigenvalue weighted by atomic mass is 9.92. The predicted molar refractivity (Wildman–Crippen MR) is 128 cm³/mol. The van der Waals surface area contributed by atoms with Crippen LogP contribution in [-0.2, 0) is 11.2 Å². The zero-order chi connectivity index (χ0) is 21.5. The molecule has 0 aromatic heterocycles. The number of benzene rings is 3. The molecular weight excluding hydrogens is 522 g/mol. The van der Waals surface area contributed by atoms with E-state index in [2.05, 4.69) is 73.2 Å². The second-order valence-electron chi connectivity index (χ2n) is 7.81. The van der Waals surface area contributed by atoms with Crippen molar-refractivity contribution in [2.24, 2.45) is 0 Å². The van der Waals surface area contributed by atoms with Crippen LogP contribution >= 0.6 is 31.9 Å². The molecule has 0 spiro atoms. The quantitative estimate of drug-likeness (QED) is 0.370. The van der Waals surface area contributed by atoms with Gasteiger partial charge in [0, 0.05) is 26.6 Å². The predicted octanol–water partition coefficient (Wildman–Crippen LogP) is 6.60. The third-order valence-corrected chi connectivity index (χ3v) is 7.18. The van der Waals surface area contributed by atoms with E-state index in [9.17, 15) is 0 Å². The number of nitrogens with zero attached hydrogens (tertiary/aromatic N) is 1. The average molecular weight is 545 g/mol. The number of rotatable bonds is 4. The Balaban J connectivity index is 1.69. The number of hydrogen-bond acceptors (Lipinski definition) is 4. The lowest BCUT2D eigenvalue weighted by Gasteiger charge is -2.34. The smallest absolute Gasteiger partial charge is 0.138 e. The summed E-state index contributed by atoms with van der Waals surface area (Å²) in [7, 11) is 3.43. The maximum atomic E-state index is 6.84. The molecule has 4 nitrogen and oxygen atoms in total. The van der Waals surface area contributed by atoms with Crippen LogP contribution in [0.5, 0.6) is 11.5 Å². The molecule has 160 valence electrons. The fourth-order valence-corrected chi connectivity index (χ4v) is 5.58. The van der Waals surface area contributed by atoms with E-state index in [4.69, 9.17) is 14.2 Å². The van der Waals surface area contributed by atoms with Gasteiger partial charge in [0.2, 0.25) is 0 Å². The molecule has 6 heteroatoms. The van der Waals surface area contributed by atoms with Crippen molar-refractivity contribution in [2.45, 2.75) is 24.8 Å². The Kier molecular flexibility index (Phi) is 5.82. The van der Waals surface area contributed by atoms with Crippen LogP contribution in [0.3, 0.4) is 0 Å². The van der Waals surface area contributed by atoms with E-state index in [1.54, 1.807) is 14.2 Å². The van der Waals surface area contributed by atoms with Crippen LogP contribution in [-0.4, -0.2) is 25.7 Å². The Hall–Kier alpha value is -1.86. The summed E-state index contributed by atoms with van der Waals surface area (Å²) in [5.41, 5.74) is 4.72. The molecule has 0 radical (unpaired) electrons. The summed E-state index contributed by atoms with van der Waals surface area (Å²) in [6, 6.07) is 20.8. The van der Waals surface area contributed by atoms with E-state index in [1.165, 1.54) is 11.1 Å². The van der Waals surface area contributed by atoms with Gasteiger partial charge < -0.3 is 14.2 Å². The Morgan fingerprint density at radius 3 is 2.19 bits per heavy atom. The highest BCUT2D eigenvalue weighted by Gasteiger charge is 2.48. The summed E-state index contributed by atoms with van der Waals surface area (Å²) < 4.78 is 20.4. The van der Waals surface area contributed by atoms with Crippen molar-refractivity contribution in [1.82, 2.24) is 4.90 Å². The number of halogens is 2. The van der Waals surface area contributed by atoms with Gasteiger partial charge in [0.25, 0.3) is 0 Å². The monoisotopic (exact) mass is 543 g/mol. The van der Waals surface area contributed by atoms with Gasteiger partial charge in [0.1, 0.15) is 23.8 Å². The highest BCUT2D eigenvalue weighted by Crippen LogP contribution is 2.55. The third kappa shape index (κ3) is 3.69. The first-order valence-electron chi connectivity index (χ1n) is 10.3. The topological polar surface area (TPSA) is 30.9 Å². The van der Waals surface area contributed by atoms with E-state index < -0.39 is 0 Å². The first kappa shape index (κ1) is 21.0. The molecule has 31 heavy (non-hydrogen) atoms. The van der Waals surface area contributed by atoms with Crippen molar-refractivity contribution >= 4 is 31.9 Å². The summed E-state index contributed by atoms with van der Waals surface area (Å²) in [5.74, 6) is 1.68. The molecule has 0 amide bonds. The van der Waals surface area contributed by atoms with Crippen molar-refractivity contribution in [3.63, 3.8) is 0 Å². The second kappa shape index (κ2) is 8.58. The van der Waals surface area contributed by atoms with Crippen molar-refractivity contribution in [2.75, 3.05) is 20.8 Å². The Labute approximate surface area is 199 Å². The molecule has 0 unspecified atom stereocenters. The fourth-order valence-electron chi connectivity index (χ4n) is 4.82. The van der Waals surface area contributed by atoms with Gasteiger partial charge in [-0.1, -0.05) is 56.1 Å². The molecule has 2 heterocycles. The summed E-state index contributed by atoms with van der Waals surface area (Å²) in [5, 5.41) is 0. The normalized spacial score (nSPS) is 22.6. The van der Waals surface area contributed by atoms with E-state index >= 15 is 0 Å². The summed E-state index contributed by atoms with van der Waals surface area (Å²) >= 11 is 7.29. The summed E-state index contributed by atoms with van der Waals surface area (Å²) in [6.07, 6.45) is 0.657. The molecule has 3 aromatic rings. The zero-order valence-electron chi connectivity index (χ0n) is 17.3. The first-order valence-corrected chi connectivity index (χ1v) is 11.8. The molecular formula is C25H23Br2NO3. The van der Waals surface area contributed by atoms with Crippen molar-refractivity contribution in [3.8, 4) is 11.5 Å². The van der Waals surface area contributed by atoms with Gasteiger partial charge in [-0.15, -0.1) is 0 Å². The van der Waals surface area contributed by atoms with Crippen molar-refractivity contribution in [3.05, 3.63) is 91.9 Å². The molecule has 0 saturated carbocycles. The van der Waals surface area contributed by atoms with E-state index in [0.29, 0.717) is 0 Å². The lowest BCUT2D eigenvalue weighted by molar-refractivity contribution is -0.00837. The maximum absolute atomic E-state index is 6.84. The third-order valence-electron chi connectivity index (χ3n) is 6.19. The minimum atomic E-state index is -0.216. The molecule has 1 fully saturated rings. The average Bonchev–Trinajstić information content (AvgIpc) is 3.18. The molecule has 0 bridgehead atoms. The molecule has 3 aromatic carbocycles. The van der Waals surface area contributed by atoms with Crippen LogP contribution in [0.1, 0.15) is 40.6 Å². The van der Waals surface area contributed by atoms with Crippen LogP contribution in [0.25, 0.3) is 0 Å². The number of hydrogen-bond donors (Lipinski definition) is 0. The highest BCUT2D eigenvalue weighted by atomic mass is 79.9. The minimum Gasteiger partial charge on any atom is -0.496 e. The molecule has 0 aliphatic carbocycles. The van der Waals surface area contributed by atoms with Crippen LogP contribution < -0.4 is 9.47 Å². The van der Waals surface area contributed by atoms with Crippen LogP contribution in [0.2, 0.25) is 0 Å². The Morgan fingerprint density at radius 2 is 1.48 bits per heavy atom. The van der Waals surface area contributed by atoms with Gasteiger partial charge in [-0.2, -0.15) is 0 Å². The Bertz CT molecular complexity index is 1120. The van der Waals surface area contributed by atoms with Crippen LogP contribution in [0.15, 0.2) is 69.6 Å². The van der Waals surface area contributed by atoms with Crippen molar-refractivity contribution in [1.29, 1.82) is 0 Å². The number of fused-ring (bicyclic) bond motifs is 3. The summed E-state index contributed by atoms with van der Waals surface area (Å²) in [4.78, 5) is 2.46. The minimum absolute atomic E-state index is 0.0194. The van der Waals surface area contributed by atoms with E-state index in [0.717, 1.165) is 44.5 Å². The molecule has 0 N–H and O–H groups in total. The number of ether oxygens (including phenoxy) is 3. The van der Waals surface area contributed by atoms with Gasteiger partial charge in [-0.25, -0.2) is 0 Å². The van der Waals surface area contributed by atoms with Gasteiger partial charge >= 0.3 is 0 Å². The van der Waals surface area contributed by atoms with Gasteiger partial charge in [-0.3, -0.25) is 4.90 Å². The van der Waals surface area contributed by atoms with Crippen LogP contribution in [0, 0.1) is 0 Å². The molecule has 2 aliphatic rings. The molecule has 3 atom stereocenters. The Morgan fingerprint density at radius 1 is 0.839 bits per heavy atom. The maximum Gasteiger partial charge on any atom is 0.138 e. The van der Waals surface area contributed by atoms with Crippen LogP contribution in [0.4, 0.5) is 0 Å². The standard InChI is InChI=1S/C25H23Br2NO3/c1-29-21-9-7-16(26)13-19(21)23-24(20-14-17(27)8-10-22(20)30-2)31-25-18-6-4-3-5-15(18)11-12-28(23)25/h3-10,13-14,23-25H,11-12H2,1-2H3/t23-,24-,25+/m0/s1. The largest absolute Gasteiger partial charge is 0.496 e. The first-order chi connectivity index (χ1) is 15.1. The van der Waals surface area contributed by atoms with Gasteiger partial charge in [-0.05, 0) is 53.9 Å². The van der Waals surface area contributed by atoms with E-state index in [1.807, 2.05) is 24.3 Å². The molecule has 5 rings (SSSR count). The SMILES string of the molecule is COc1ccc(Br)cc1[C@@H]1O[C@@H]2c3ccccc3CCN2[C@H]1c1cc(Br)ccc1OC. The second-order valence-corrected chi connectivity index (χ2v) is 9.64. The lowest BCUT2D eigenvalue weighted by Crippen LogP contribution is -2.34. The van der Waals surface area contributed by atoms with E-state index in [-0.39, 0.29) is 18.4 Å². The molecule has 2 aliphatic heterocycles. The molecule has 1 saturated heterocycles. The van der Waals surface area contributed by atoms with Gasteiger partial charge in [0.05, 0.1) is 20.3 Å². The highest BCUT2D eigenvalue weighted by molar-refractivity contribution is 9.10.